The number of rotatable bonds is 4. The molecule has 0 radical (unpaired) electrons. The molecule has 0 aliphatic rings. The van der Waals surface area contributed by atoms with Crippen LogP contribution in [-0.4, -0.2) is 19.5 Å². The smallest absolute Gasteiger partial charge is 0.188 e. The first kappa shape index (κ1) is 33.0. The summed E-state index contributed by atoms with van der Waals surface area (Å²) in [5.41, 5.74) is 13.1. The van der Waals surface area contributed by atoms with Crippen molar-refractivity contribution in [1.29, 1.82) is 0 Å². The molecule has 59 heavy (non-hydrogen) atoms. The molecule has 5 nitrogen and oxygen atoms in total. The molecule has 0 spiro atoms. The molecule has 12 aromatic rings. The van der Waals surface area contributed by atoms with E-state index in [9.17, 15) is 0 Å². The van der Waals surface area contributed by atoms with Crippen molar-refractivity contribution < 1.29 is 0 Å². The van der Waals surface area contributed by atoms with Gasteiger partial charge in [0.15, 0.2) is 5.69 Å². The summed E-state index contributed by atoms with van der Waals surface area (Å²) in [7, 11) is 0. The van der Waals surface area contributed by atoms with Crippen molar-refractivity contribution in [2.75, 3.05) is 0 Å². The van der Waals surface area contributed by atoms with Gasteiger partial charge in [-0.3, -0.25) is 9.97 Å². The summed E-state index contributed by atoms with van der Waals surface area (Å²) >= 11 is 0. The number of pyridine rings is 3. The molecule has 0 aliphatic heterocycles. The van der Waals surface area contributed by atoms with Crippen LogP contribution in [0.4, 0.5) is 5.69 Å². The number of aromatic nitrogens is 4. The molecule has 0 fully saturated rings. The topological polar surface area (TPSA) is 48.0 Å². The molecule has 0 unspecified atom stereocenters. The minimum absolute atomic E-state index is 0.633. The average Bonchev–Trinajstić information content (AvgIpc) is 3.64. The standard InChI is InChI=1S/C54H31N5/c1-55-36-22-27-49-46(32-36)45-30-34(21-26-48(45)59(49)37-14-6-3-7-15-37)38-24-25-39(41-17-9-8-16-40(38)41)35-20-23-42-47(31-35)58-52(33-12-4-2-5-13-33)51-44-19-11-29-57-54(44)53-43(50(42)51)18-10-28-56-53/h2-32H. The van der Waals surface area contributed by atoms with Crippen LogP contribution in [0.5, 0.6) is 0 Å². The van der Waals surface area contributed by atoms with E-state index in [2.05, 4.69) is 149 Å². The predicted molar refractivity (Wildman–Crippen MR) is 244 cm³/mol. The monoisotopic (exact) mass is 749 g/mol. The van der Waals surface area contributed by atoms with E-state index in [4.69, 9.17) is 21.5 Å². The van der Waals surface area contributed by atoms with E-state index in [1.54, 1.807) is 0 Å². The Bertz CT molecular complexity index is 3730. The maximum atomic E-state index is 7.76. The molecule has 0 saturated carbocycles. The number of hydrogen-bond acceptors (Lipinski definition) is 3. The van der Waals surface area contributed by atoms with E-state index in [0.29, 0.717) is 5.69 Å². The lowest BCUT2D eigenvalue weighted by Gasteiger charge is -2.17. The van der Waals surface area contributed by atoms with Crippen LogP contribution in [0.1, 0.15) is 0 Å². The summed E-state index contributed by atoms with van der Waals surface area (Å²) in [6.07, 6.45) is 3.69. The lowest BCUT2D eigenvalue weighted by Crippen LogP contribution is -1.95. The lowest BCUT2D eigenvalue weighted by molar-refractivity contribution is 1.18. The largest absolute Gasteiger partial charge is 0.309 e. The van der Waals surface area contributed by atoms with Crippen LogP contribution in [0, 0.1) is 6.57 Å². The van der Waals surface area contributed by atoms with Gasteiger partial charge in [-0.1, -0.05) is 121 Å². The van der Waals surface area contributed by atoms with E-state index in [1.807, 2.05) is 48.8 Å². The minimum atomic E-state index is 0.633. The molecule has 0 bridgehead atoms. The Morgan fingerprint density at radius 1 is 0.424 bits per heavy atom. The maximum Gasteiger partial charge on any atom is 0.188 e. The summed E-state index contributed by atoms with van der Waals surface area (Å²) in [6.45, 7) is 7.76. The van der Waals surface area contributed by atoms with Crippen LogP contribution >= 0.6 is 0 Å². The van der Waals surface area contributed by atoms with E-state index in [-0.39, 0.29) is 0 Å². The van der Waals surface area contributed by atoms with Gasteiger partial charge in [-0.25, -0.2) is 9.83 Å². The zero-order chi connectivity index (χ0) is 39.0. The highest BCUT2D eigenvalue weighted by molar-refractivity contribution is 6.32. The van der Waals surface area contributed by atoms with Gasteiger partial charge in [0.05, 0.1) is 39.8 Å². The van der Waals surface area contributed by atoms with Crippen molar-refractivity contribution in [3.63, 3.8) is 0 Å². The Morgan fingerprint density at radius 2 is 1.00 bits per heavy atom. The second-order valence-corrected chi connectivity index (χ2v) is 15.0. The minimum Gasteiger partial charge on any atom is -0.309 e. The molecule has 8 aromatic carbocycles. The third kappa shape index (κ3) is 5.00. The van der Waals surface area contributed by atoms with Crippen LogP contribution < -0.4 is 0 Å². The second kappa shape index (κ2) is 12.9. The molecule has 5 heteroatoms. The van der Waals surface area contributed by atoms with Gasteiger partial charge in [-0.2, -0.15) is 0 Å². The number of para-hydroxylation sites is 1. The number of nitrogens with zero attached hydrogens (tertiary/aromatic N) is 5. The van der Waals surface area contributed by atoms with Gasteiger partial charge in [-0.05, 0) is 93.0 Å². The van der Waals surface area contributed by atoms with Crippen molar-refractivity contribution in [2.45, 2.75) is 0 Å². The first-order valence-electron chi connectivity index (χ1n) is 19.7. The molecule has 0 amide bonds. The van der Waals surface area contributed by atoms with Crippen molar-refractivity contribution in [3.05, 3.63) is 200 Å². The fraction of sp³-hybridized carbons (Fsp3) is 0. The average molecular weight is 750 g/mol. The molecule has 0 aliphatic carbocycles. The first-order valence-corrected chi connectivity index (χ1v) is 19.7. The maximum absolute atomic E-state index is 7.76. The van der Waals surface area contributed by atoms with E-state index < -0.39 is 0 Å². The van der Waals surface area contributed by atoms with Crippen molar-refractivity contribution >= 4 is 81.7 Å². The Hall–Kier alpha value is -8.20. The summed E-state index contributed by atoms with van der Waals surface area (Å²) in [6, 6.07) is 61.9. The fourth-order valence-electron chi connectivity index (χ4n) is 9.28. The Kier molecular flexibility index (Phi) is 7.22. The highest BCUT2D eigenvalue weighted by atomic mass is 15.0. The van der Waals surface area contributed by atoms with Crippen LogP contribution in [0.25, 0.3) is 120 Å². The number of benzene rings is 8. The highest BCUT2D eigenvalue weighted by Crippen LogP contribution is 2.44. The Balaban J connectivity index is 1.07. The molecule has 0 atom stereocenters. The van der Waals surface area contributed by atoms with Crippen LogP contribution in [0.15, 0.2) is 188 Å². The third-order valence-corrected chi connectivity index (χ3v) is 11.9. The highest BCUT2D eigenvalue weighted by Gasteiger charge is 2.20. The zero-order valence-electron chi connectivity index (χ0n) is 31.6. The van der Waals surface area contributed by atoms with Crippen molar-refractivity contribution in [1.82, 2.24) is 19.5 Å². The Morgan fingerprint density at radius 3 is 1.69 bits per heavy atom. The fourth-order valence-corrected chi connectivity index (χ4v) is 9.28. The normalized spacial score (nSPS) is 11.7. The second-order valence-electron chi connectivity index (χ2n) is 15.0. The summed E-state index contributed by atoms with van der Waals surface area (Å²) in [5, 5.41) is 9.94. The van der Waals surface area contributed by atoms with Gasteiger partial charge in [0.1, 0.15) is 0 Å². The van der Waals surface area contributed by atoms with Crippen LogP contribution in [0.2, 0.25) is 0 Å². The lowest BCUT2D eigenvalue weighted by atomic mass is 9.90. The van der Waals surface area contributed by atoms with Gasteiger partial charge >= 0.3 is 0 Å². The molecule has 0 N–H and O–H groups in total. The molecular weight excluding hydrogens is 719 g/mol. The first-order chi connectivity index (χ1) is 29.2. The molecule has 272 valence electrons. The SMILES string of the molecule is [C-]#[N+]c1ccc2c(c1)c1cc(-c3ccc(-c4ccc5c(c4)nc(-c4ccccc4)c4c6cccnc6c6ncccc6c54)c4ccccc34)ccc1n2-c1ccccc1. The third-order valence-electron chi connectivity index (χ3n) is 11.9. The van der Waals surface area contributed by atoms with Gasteiger partial charge in [0, 0.05) is 56.0 Å². The van der Waals surface area contributed by atoms with Gasteiger partial charge in [0.25, 0.3) is 0 Å². The van der Waals surface area contributed by atoms with Crippen molar-refractivity contribution in [2.24, 2.45) is 0 Å². The molecule has 0 saturated heterocycles. The summed E-state index contributed by atoms with van der Waals surface area (Å²) in [5.74, 6) is 0. The number of fused-ring (bicyclic) bond motifs is 12. The summed E-state index contributed by atoms with van der Waals surface area (Å²) in [4.78, 5) is 19.0. The van der Waals surface area contributed by atoms with E-state index in [1.165, 1.54) is 10.8 Å². The van der Waals surface area contributed by atoms with Crippen molar-refractivity contribution in [3.8, 4) is 39.2 Å². The van der Waals surface area contributed by atoms with E-state index >= 15 is 0 Å². The van der Waals surface area contributed by atoms with Crippen LogP contribution in [-0.2, 0) is 0 Å². The van der Waals surface area contributed by atoms with E-state index in [0.717, 1.165) is 104 Å². The quantitative estimate of drug-likeness (QED) is 0.133. The number of hydrogen-bond donors (Lipinski definition) is 0. The molecule has 4 aromatic heterocycles. The zero-order valence-corrected chi connectivity index (χ0v) is 31.6. The molecule has 12 rings (SSSR count). The van der Waals surface area contributed by atoms with Gasteiger partial charge in [0.2, 0.25) is 0 Å². The van der Waals surface area contributed by atoms with Crippen LogP contribution in [0.3, 0.4) is 0 Å². The van der Waals surface area contributed by atoms with Gasteiger partial charge in [-0.15, -0.1) is 0 Å². The Labute approximate surface area is 338 Å². The molecular formula is C54H31N5. The summed E-state index contributed by atoms with van der Waals surface area (Å²) < 4.78 is 2.29. The van der Waals surface area contributed by atoms with Gasteiger partial charge < -0.3 is 4.57 Å². The molecule has 4 heterocycles. The predicted octanol–water partition coefficient (Wildman–Crippen LogP) is 14.3.